The van der Waals surface area contributed by atoms with E-state index in [4.69, 9.17) is 0 Å². The van der Waals surface area contributed by atoms with Crippen LogP contribution in [0.5, 0.6) is 0 Å². The molecule has 3 rings (SSSR count). The van der Waals surface area contributed by atoms with Crippen LogP contribution < -0.4 is 0 Å². The highest BCUT2D eigenvalue weighted by atomic mass is 32.1. The highest BCUT2D eigenvalue weighted by molar-refractivity contribution is 7.13. The molecule has 0 spiro atoms. The third kappa shape index (κ3) is 2.47. The smallest absolute Gasteiger partial charge is 0.294 e. The SMILES string of the molecule is CC(=O)c1cnc2c(c1-c1[c]c([N+](=O)[O-])sc1)CCCC2. The zero-order chi connectivity index (χ0) is 15.0. The van der Waals surface area contributed by atoms with Gasteiger partial charge in [0.25, 0.3) is 0 Å². The van der Waals surface area contributed by atoms with Gasteiger partial charge < -0.3 is 0 Å². The Morgan fingerprint density at radius 2 is 2.19 bits per heavy atom. The van der Waals surface area contributed by atoms with E-state index < -0.39 is 4.92 Å². The number of carbonyl (C=O) groups is 1. The van der Waals surface area contributed by atoms with Gasteiger partial charge in [-0.05, 0) is 38.2 Å². The summed E-state index contributed by atoms with van der Waals surface area (Å²) in [5.41, 5.74) is 4.01. The summed E-state index contributed by atoms with van der Waals surface area (Å²) in [6, 6.07) is 2.81. The molecule has 0 N–H and O–H groups in total. The van der Waals surface area contributed by atoms with Gasteiger partial charge in [0.2, 0.25) is 0 Å². The molecule has 5 nitrogen and oxygen atoms in total. The van der Waals surface area contributed by atoms with Gasteiger partial charge in [0.05, 0.1) is 11.0 Å². The van der Waals surface area contributed by atoms with Gasteiger partial charge in [-0.25, -0.2) is 0 Å². The number of nitrogens with zero attached hydrogens (tertiary/aromatic N) is 2. The third-order valence-corrected chi connectivity index (χ3v) is 4.53. The normalized spacial score (nSPS) is 13.8. The molecule has 2 aromatic heterocycles. The van der Waals surface area contributed by atoms with Crippen molar-refractivity contribution in [1.29, 1.82) is 0 Å². The van der Waals surface area contributed by atoms with E-state index in [1.54, 1.807) is 11.6 Å². The first-order chi connectivity index (χ1) is 10.1. The Bertz CT molecular complexity index is 737. The molecule has 0 amide bonds. The lowest BCUT2D eigenvalue weighted by Crippen LogP contribution is -2.11. The summed E-state index contributed by atoms with van der Waals surface area (Å²) in [5, 5.41) is 12.5. The van der Waals surface area contributed by atoms with E-state index in [-0.39, 0.29) is 10.8 Å². The van der Waals surface area contributed by atoms with E-state index in [0.717, 1.165) is 53.8 Å². The van der Waals surface area contributed by atoms with E-state index in [2.05, 4.69) is 11.1 Å². The minimum absolute atomic E-state index is 0.0270. The van der Waals surface area contributed by atoms with Gasteiger partial charge in [0.15, 0.2) is 5.78 Å². The molecule has 1 aliphatic rings. The fourth-order valence-electron chi connectivity index (χ4n) is 2.74. The van der Waals surface area contributed by atoms with Crippen molar-refractivity contribution in [1.82, 2.24) is 4.98 Å². The van der Waals surface area contributed by atoms with Gasteiger partial charge >= 0.3 is 5.00 Å². The van der Waals surface area contributed by atoms with Crippen LogP contribution in [-0.4, -0.2) is 15.7 Å². The molecule has 0 atom stereocenters. The van der Waals surface area contributed by atoms with Crippen molar-refractivity contribution in [2.24, 2.45) is 0 Å². The second-order valence-corrected chi connectivity index (χ2v) is 5.93. The van der Waals surface area contributed by atoms with E-state index in [9.17, 15) is 14.9 Å². The molecule has 0 saturated carbocycles. The number of aromatic nitrogens is 1. The van der Waals surface area contributed by atoms with Gasteiger partial charge in [0.1, 0.15) is 0 Å². The third-order valence-electron chi connectivity index (χ3n) is 3.70. The number of hydrogen-bond donors (Lipinski definition) is 0. The monoisotopic (exact) mass is 301 g/mol. The zero-order valence-electron chi connectivity index (χ0n) is 11.5. The average Bonchev–Trinajstić information content (AvgIpc) is 2.95. The molecule has 21 heavy (non-hydrogen) atoms. The van der Waals surface area contributed by atoms with Crippen molar-refractivity contribution in [2.45, 2.75) is 32.6 Å². The first kappa shape index (κ1) is 13.9. The molecule has 0 saturated heterocycles. The summed E-state index contributed by atoms with van der Waals surface area (Å²) < 4.78 is 0. The van der Waals surface area contributed by atoms with E-state index in [1.807, 2.05) is 0 Å². The minimum atomic E-state index is -0.449. The number of thiophene rings is 1. The Balaban J connectivity index is 2.22. The number of hydrogen-bond acceptors (Lipinski definition) is 5. The van der Waals surface area contributed by atoms with Gasteiger partial charge in [0, 0.05) is 34.0 Å². The summed E-state index contributed by atoms with van der Waals surface area (Å²) in [6.45, 7) is 1.50. The molecular formula is C15H13N2O3S. The van der Waals surface area contributed by atoms with Crippen molar-refractivity contribution >= 4 is 22.1 Å². The Morgan fingerprint density at radius 1 is 1.43 bits per heavy atom. The van der Waals surface area contributed by atoms with E-state index in [0.29, 0.717) is 11.1 Å². The Kier molecular flexibility index (Phi) is 3.55. The summed E-state index contributed by atoms with van der Waals surface area (Å²) in [5.74, 6) is -0.0758. The van der Waals surface area contributed by atoms with Crippen molar-refractivity contribution in [2.75, 3.05) is 0 Å². The van der Waals surface area contributed by atoms with Crippen LogP contribution in [0, 0.1) is 16.2 Å². The van der Waals surface area contributed by atoms with Crippen LogP contribution in [-0.2, 0) is 12.8 Å². The predicted octanol–water partition coefficient (Wildman–Crippen LogP) is 3.60. The number of fused-ring (bicyclic) bond motifs is 1. The number of carbonyl (C=O) groups excluding carboxylic acids is 1. The van der Waals surface area contributed by atoms with Crippen molar-refractivity contribution < 1.29 is 9.72 Å². The summed E-state index contributed by atoms with van der Waals surface area (Å²) >= 11 is 1.04. The van der Waals surface area contributed by atoms with Crippen LogP contribution in [0.4, 0.5) is 5.00 Å². The number of aryl methyl sites for hydroxylation is 1. The number of Topliss-reactive ketones (excluding diaryl/α,β-unsaturated/α-hetero) is 1. The molecule has 0 bridgehead atoms. The molecule has 107 valence electrons. The number of rotatable bonds is 3. The van der Waals surface area contributed by atoms with Gasteiger partial charge in [-0.2, -0.15) is 0 Å². The Morgan fingerprint density at radius 3 is 2.86 bits per heavy atom. The van der Waals surface area contributed by atoms with Gasteiger partial charge in [-0.15, -0.1) is 0 Å². The van der Waals surface area contributed by atoms with Gasteiger partial charge in [-0.3, -0.25) is 19.9 Å². The zero-order valence-corrected chi connectivity index (χ0v) is 12.3. The first-order valence-electron chi connectivity index (χ1n) is 6.75. The average molecular weight is 301 g/mol. The molecule has 0 unspecified atom stereocenters. The number of nitro groups is 1. The van der Waals surface area contributed by atoms with Crippen LogP contribution in [0.15, 0.2) is 11.6 Å². The summed E-state index contributed by atoms with van der Waals surface area (Å²) in [6.07, 6.45) is 5.49. The molecule has 6 heteroatoms. The molecule has 0 fully saturated rings. The topological polar surface area (TPSA) is 73.1 Å². The summed E-state index contributed by atoms with van der Waals surface area (Å²) in [7, 11) is 0. The maximum atomic E-state index is 11.9. The molecule has 0 aromatic carbocycles. The second-order valence-electron chi connectivity index (χ2n) is 5.07. The number of pyridine rings is 1. The van der Waals surface area contributed by atoms with Crippen molar-refractivity contribution in [3.63, 3.8) is 0 Å². The standard InChI is InChI=1S/C15H13N2O3S/c1-9(18)12-7-16-13-5-3-2-4-11(13)15(12)10-6-14(17(19)20)21-8-10/h7-8H,2-5H2,1H3. The minimum Gasteiger partial charge on any atom is -0.294 e. The van der Waals surface area contributed by atoms with E-state index >= 15 is 0 Å². The highest BCUT2D eigenvalue weighted by Gasteiger charge is 2.23. The number of ketones is 1. The van der Waals surface area contributed by atoms with Crippen molar-refractivity contribution in [3.05, 3.63) is 44.6 Å². The fourth-order valence-corrected chi connectivity index (χ4v) is 3.41. The Hall–Kier alpha value is -2.08. The van der Waals surface area contributed by atoms with Crippen LogP contribution in [0.1, 0.15) is 41.4 Å². The molecule has 1 radical (unpaired) electrons. The molecule has 0 aliphatic heterocycles. The quantitative estimate of drug-likeness (QED) is 0.493. The van der Waals surface area contributed by atoms with Gasteiger partial charge in [-0.1, -0.05) is 11.3 Å². The summed E-state index contributed by atoms with van der Waals surface area (Å²) in [4.78, 5) is 26.7. The largest absolute Gasteiger partial charge is 0.332 e. The van der Waals surface area contributed by atoms with Crippen molar-refractivity contribution in [3.8, 4) is 11.1 Å². The molecule has 2 heterocycles. The highest BCUT2D eigenvalue weighted by Crippen LogP contribution is 2.37. The lowest BCUT2D eigenvalue weighted by molar-refractivity contribution is -0.380. The van der Waals surface area contributed by atoms with E-state index in [1.165, 1.54) is 6.92 Å². The molecule has 2 aromatic rings. The maximum absolute atomic E-state index is 11.9. The lowest BCUT2D eigenvalue weighted by atomic mass is 9.87. The lowest BCUT2D eigenvalue weighted by Gasteiger charge is -2.19. The maximum Gasteiger partial charge on any atom is 0.332 e. The van der Waals surface area contributed by atoms with Crippen LogP contribution in [0.2, 0.25) is 0 Å². The predicted molar refractivity (Wildman–Crippen MR) is 79.7 cm³/mol. The fraction of sp³-hybridized carbons (Fsp3) is 0.333. The Labute approximate surface area is 125 Å². The van der Waals surface area contributed by atoms with Crippen LogP contribution in [0.3, 0.4) is 0 Å². The molecular weight excluding hydrogens is 288 g/mol. The molecule has 1 aliphatic carbocycles. The second kappa shape index (κ2) is 5.37. The van der Waals surface area contributed by atoms with Crippen LogP contribution in [0.25, 0.3) is 11.1 Å². The van der Waals surface area contributed by atoms with Crippen LogP contribution >= 0.6 is 11.3 Å². The first-order valence-corrected chi connectivity index (χ1v) is 7.63.